The van der Waals surface area contributed by atoms with Gasteiger partial charge in [-0.1, -0.05) is 36.4 Å². The number of amides is 2. The van der Waals surface area contributed by atoms with Crippen LogP contribution in [-0.4, -0.2) is 40.9 Å². The largest absolute Gasteiger partial charge is 0.480 e. The van der Waals surface area contributed by atoms with E-state index in [1.54, 1.807) is 12.1 Å². The Morgan fingerprint density at radius 3 is 2.31 bits per heavy atom. The smallest absolute Gasteiger partial charge is 0.323 e. The number of hydrogen-bond acceptors (Lipinski definition) is 3. The molecule has 2 aromatic carbocycles. The van der Waals surface area contributed by atoms with E-state index in [-0.39, 0.29) is 19.0 Å². The molecule has 2 amide bonds. The summed E-state index contributed by atoms with van der Waals surface area (Å²) in [4.78, 5) is 36.9. The van der Waals surface area contributed by atoms with Crippen LogP contribution in [0.3, 0.4) is 0 Å². The topological polar surface area (TPSA) is 86.7 Å². The molecule has 0 unspecified atom stereocenters. The molecule has 0 atom stereocenters. The minimum absolute atomic E-state index is 0.172. The summed E-state index contributed by atoms with van der Waals surface area (Å²) in [6.07, 6.45) is 0. The van der Waals surface area contributed by atoms with E-state index >= 15 is 0 Å². The lowest BCUT2D eigenvalue weighted by Crippen LogP contribution is -2.42. The maximum Gasteiger partial charge on any atom is 0.323 e. The fourth-order valence-corrected chi connectivity index (χ4v) is 2.45. The van der Waals surface area contributed by atoms with Crippen LogP contribution in [0.1, 0.15) is 27.0 Å². The number of nitrogens with one attached hydrogen (secondary N) is 1. The highest BCUT2D eigenvalue weighted by Crippen LogP contribution is 2.10. The van der Waals surface area contributed by atoms with Gasteiger partial charge in [0.2, 0.25) is 5.91 Å². The van der Waals surface area contributed by atoms with Gasteiger partial charge in [0.15, 0.2) is 0 Å². The van der Waals surface area contributed by atoms with Gasteiger partial charge < -0.3 is 15.3 Å². The van der Waals surface area contributed by atoms with Crippen molar-refractivity contribution in [3.8, 4) is 0 Å². The molecule has 26 heavy (non-hydrogen) atoms. The molecule has 0 bridgehead atoms. The van der Waals surface area contributed by atoms with Gasteiger partial charge in [-0.15, -0.1) is 0 Å². The van der Waals surface area contributed by atoms with Crippen molar-refractivity contribution in [2.24, 2.45) is 0 Å². The predicted octanol–water partition coefficient (Wildman–Crippen LogP) is 2.15. The number of benzene rings is 2. The monoisotopic (exact) mass is 354 g/mol. The first kappa shape index (κ1) is 19.2. The van der Waals surface area contributed by atoms with E-state index in [0.717, 1.165) is 16.7 Å². The summed E-state index contributed by atoms with van der Waals surface area (Å²) in [5.74, 6) is -1.92. The van der Waals surface area contributed by atoms with Gasteiger partial charge in [0.25, 0.3) is 5.91 Å². The van der Waals surface area contributed by atoms with E-state index in [4.69, 9.17) is 5.11 Å². The third-order valence-corrected chi connectivity index (χ3v) is 4.06. The second-order valence-electron chi connectivity index (χ2n) is 6.11. The fourth-order valence-electron chi connectivity index (χ4n) is 2.45. The normalized spacial score (nSPS) is 10.2. The maximum atomic E-state index is 12.4. The van der Waals surface area contributed by atoms with E-state index in [1.807, 2.05) is 50.2 Å². The maximum absolute atomic E-state index is 12.4. The summed E-state index contributed by atoms with van der Waals surface area (Å²) in [5, 5.41) is 11.6. The Balaban J connectivity index is 2.00. The molecule has 0 saturated carbocycles. The predicted molar refractivity (Wildman–Crippen MR) is 97.7 cm³/mol. The number of aryl methyl sites for hydroxylation is 2. The lowest BCUT2D eigenvalue weighted by atomic mass is 10.1. The molecule has 136 valence electrons. The molecule has 0 aromatic heterocycles. The number of carbonyl (C=O) groups is 3. The van der Waals surface area contributed by atoms with Crippen molar-refractivity contribution >= 4 is 17.8 Å². The average Bonchev–Trinajstić information content (AvgIpc) is 2.61. The number of rotatable bonds is 7. The zero-order chi connectivity index (χ0) is 19.1. The number of hydrogen-bond donors (Lipinski definition) is 2. The van der Waals surface area contributed by atoms with E-state index < -0.39 is 18.4 Å². The summed E-state index contributed by atoms with van der Waals surface area (Å²) < 4.78 is 0. The van der Waals surface area contributed by atoms with E-state index in [0.29, 0.717) is 5.56 Å². The second-order valence-corrected chi connectivity index (χ2v) is 6.11. The minimum Gasteiger partial charge on any atom is -0.480 e. The Kier molecular flexibility index (Phi) is 6.49. The molecule has 2 rings (SSSR count). The van der Waals surface area contributed by atoms with Crippen molar-refractivity contribution in [3.63, 3.8) is 0 Å². The van der Waals surface area contributed by atoms with Crippen molar-refractivity contribution in [2.45, 2.75) is 20.4 Å². The zero-order valence-electron chi connectivity index (χ0n) is 14.9. The van der Waals surface area contributed by atoms with Crippen molar-refractivity contribution in [2.75, 3.05) is 13.1 Å². The molecule has 6 nitrogen and oxygen atoms in total. The van der Waals surface area contributed by atoms with E-state index in [1.165, 1.54) is 4.90 Å². The van der Waals surface area contributed by atoms with Crippen LogP contribution in [0.4, 0.5) is 0 Å². The molecule has 0 heterocycles. The van der Waals surface area contributed by atoms with Gasteiger partial charge in [0.05, 0.1) is 6.54 Å². The van der Waals surface area contributed by atoms with Crippen molar-refractivity contribution in [3.05, 3.63) is 70.8 Å². The van der Waals surface area contributed by atoms with Crippen LogP contribution in [-0.2, 0) is 16.1 Å². The van der Waals surface area contributed by atoms with Crippen LogP contribution in [0.25, 0.3) is 0 Å². The summed E-state index contributed by atoms with van der Waals surface area (Å²) in [6, 6.07) is 14.4. The Labute approximate surface area is 152 Å². The van der Waals surface area contributed by atoms with Gasteiger partial charge in [-0.3, -0.25) is 14.4 Å². The number of carboxylic acids is 1. The minimum atomic E-state index is -1.10. The molecule has 0 aliphatic rings. The van der Waals surface area contributed by atoms with Crippen LogP contribution in [0.5, 0.6) is 0 Å². The summed E-state index contributed by atoms with van der Waals surface area (Å²) in [5.41, 5.74) is 3.35. The van der Waals surface area contributed by atoms with Crippen LogP contribution >= 0.6 is 0 Å². The third-order valence-electron chi connectivity index (χ3n) is 4.06. The molecule has 0 spiro atoms. The molecule has 0 aliphatic carbocycles. The highest BCUT2D eigenvalue weighted by atomic mass is 16.4. The molecule has 0 saturated heterocycles. The van der Waals surface area contributed by atoms with Crippen LogP contribution in [0.15, 0.2) is 48.5 Å². The van der Waals surface area contributed by atoms with Crippen molar-refractivity contribution < 1.29 is 19.5 Å². The van der Waals surface area contributed by atoms with Gasteiger partial charge >= 0.3 is 5.97 Å². The van der Waals surface area contributed by atoms with Gasteiger partial charge in [-0.25, -0.2) is 0 Å². The van der Waals surface area contributed by atoms with Crippen LogP contribution < -0.4 is 5.32 Å². The van der Waals surface area contributed by atoms with Gasteiger partial charge in [0.1, 0.15) is 6.54 Å². The highest BCUT2D eigenvalue weighted by molar-refractivity contribution is 5.97. The molecular weight excluding hydrogens is 332 g/mol. The molecule has 0 fully saturated rings. The van der Waals surface area contributed by atoms with Gasteiger partial charge in [-0.2, -0.15) is 0 Å². The van der Waals surface area contributed by atoms with E-state index in [9.17, 15) is 14.4 Å². The quantitative estimate of drug-likeness (QED) is 0.798. The zero-order valence-corrected chi connectivity index (χ0v) is 14.9. The SMILES string of the molecule is Cc1ccc(C(=O)NCC(=O)N(CC(=O)O)Cc2ccccc2)cc1C. The number of aliphatic carboxylic acids is 1. The van der Waals surface area contributed by atoms with Gasteiger partial charge in [-0.05, 0) is 42.7 Å². The average molecular weight is 354 g/mol. The molecule has 6 heteroatoms. The third kappa shape index (κ3) is 5.44. The summed E-state index contributed by atoms with van der Waals surface area (Å²) in [7, 11) is 0. The molecule has 0 aliphatic heterocycles. The first-order chi connectivity index (χ1) is 12.4. The van der Waals surface area contributed by atoms with Crippen molar-refractivity contribution in [1.82, 2.24) is 10.2 Å². The number of nitrogens with zero attached hydrogens (tertiary/aromatic N) is 1. The van der Waals surface area contributed by atoms with E-state index in [2.05, 4.69) is 5.32 Å². The highest BCUT2D eigenvalue weighted by Gasteiger charge is 2.18. The molecule has 0 radical (unpaired) electrons. The molecule has 2 N–H and O–H groups in total. The Bertz CT molecular complexity index is 803. The van der Waals surface area contributed by atoms with Crippen LogP contribution in [0, 0.1) is 13.8 Å². The lowest BCUT2D eigenvalue weighted by molar-refractivity contribution is -0.144. The Morgan fingerprint density at radius 1 is 1.00 bits per heavy atom. The number of carbonyl (C=O) groups excluding carboxylic acids is 2. The lowest BCUT2D eigenvalue weighted by Gasteiger charge is -2.21. The first-order valence-electron chi connectivity index (χ1n) is 8.25. The standard InChI is InChI=1S/C20H22N2O4/c1-14-8-9-17(10-15(14)2)20(26)21-11-18(23)22(13-19(24)25)12-16-6-4-3-5-7-16/h3-10H,11-13H2,1-2H3,(H,21,26)(H,24,25). The van der Waals surface area contributed by atoms with Crippen molar-refractivity contribution in [1.29, 1.82) is 0 Å². The first-order valence-corrected chi connectivity index (χ1v) is 8.25. The number of carboxylic acid groups (broad SMARTS) is 1. The van der Waals surface area contributed by atoms with Gasteiger partial charge in [0, 0.05) is 12.1 Å². The molecule has 2 aromatic rings. The summed E-state index contributed by atoms with van der Waals surface area (Å²) in [6.45, 7) is 3.35. The van der Waals surface area contributed by atoms with Crippen LogP contribution in [0.2, 0.25) is 0 Å². The Morgan fingerprint density at radius 2 is 1.69 bits per heavy atom. The Hall–Kier alpha value is -3.15. The molecular formula is C20H22N2O4. The fraction of sp³-hybridized carbons (Fsp3) is 0.250. The second kappa shape index (κ2) is 8.80. The summed E-state index contributed by atoms with van der Waals surface area (Å²) >= 11 is 0.